The van der Waals surface area contributed by atoms with Gasteiger partial charge in [0, 0.05) is 19.0 Å². The Bertz CT molecular complexity index is 765. The molecule has 0 saturated carbocycles. The molecule has 7 nitrogen and oxygen atoms in total. The summed E-state index contributed by atoms with van der Waals surface area (Å²) in [6, 6.07) is 5.12. The van der Waals surface area contributed by atoms with Crippen molar-refractivity contribution in [3.8, 4) is 0 Å². The molecule has 2 aromatic rings. The monoisotopic (exact) mass is 341 g/mol. The number of amides is 2. The van der Waals surface area contributed by atoms with Crippen LogP contribution in [0.25, 0.3) is 11.0 Å². The fourth-order valence-electron chi connectivity index (χ4n) is 2.73. The zero-order valence-corrected chi connectivity index (χ0v) is 12.4. The van der Waals surface area contributed by atoms with Crippen LogP contribution >= 0.6 is 0 Å². The third kappa shape index (κ3) is 3.17. The Morgan fingerprint density at radius 2 is 1.92 bits per heavy atom. The number of para-hydroxylation sites is 1. The molecule has 1 fully saturated rings. The molecule has 0 radical (unpaired) electrons. The zero-order valence-electron chi connectivity index (χ0n) is 12.4. The third-order valence-electron chi connectivity index (χ3n) is 4.00. The van der Waals surface area contributed by atoms with E-state index in [1.165, 1.54) is 0 Å². The second kappa shape index (κ2) is 6.10. The number of aromatic nitrogens is 3. The van der Waals surface area contributed by atoms with Gasteiger partial charge in [-0.15, -0.1) is 0 Å². The number of nitrogens with zero attached hydrogens (tertiary/aromatic N) is 3. The number of rotatable bonds is 2. The van der Waals surface area contributed by atoms with Gasteiger partial charge in [0.25, 0.3) is 0 Å². The number of carbonyl (C=O) groups excluding carboxylic acids is 2. The molecule has 0 aliphatic carbocycles. The molecule has 1 aliphatic heterocycles. The highest BCUT2D eigenvalue weighted by Crippen LogP contribution is 2.26. The molecule has 1 aromatic heterocycles. The van der Waals surface area contributed by atoms with Crippen LogP contribution in [-0.2, 0) is 9.59 Å². The quantitative estimate of drug-likeness (QED) is 0.870. The molecule has 128 valence electrons. The van der Waals surface area contributed by atoms with E-state index in [4.69, 9.17) is 0 Å². The van der Waals surface area contributed by atoms with Crippen molar-refractivity contribution in [2.75, 3.05) is 18.4 Å². The Morgan fingerprint density at radius 3 is 2.58 bits per heavy atom. The average molecular weight is 341 g/mol. The van der Waals surface area contributed by atoms with Gasteiger partial charge in [-0.2, -0.15) is 28.6 Å². The lowest BCUT2D eigenvalue weighted by Gasteiger charge is -2.31. The van der Waals surface area contributed by atoms with Gasteiger partial charge in [-0.25, -0.2) is 0 Å². The lowest BCUT2D eigenvalue weighted by Crippen LogP contribution is -2.46. The molecule has 10 heteroatoms. The average Bonchev–Trinajstić information content (AvgIpc) is 3.03. The van der Waals surface area contributed by atoms with Crippen LogP contribution in [0.4, 0.5) is 18.9 Å². The number of fused-ring (bicyclic) bond motifs is 1. The third-order valence-corrected chi connectivity index (χ3v) is 4.00. The summed E-state index contributed by atoms with van der Waals surface area (Å²) in [5.41, 5.74) is 1.59. The van der Waals surface area contributed by atoms with Crippen LogP contribution in [0.5, 0.6) is 0 Å². The first-order valence-electron chi connectivity index (χ1n) is 7.32. The van der Waals surface area contributed by atoms with E-state index in [2.05, 4.69) is 20.7 Å². The summed E-state index contributed by atoms with van der Waals surface area (Å²) in [7, 11) is 0. The molecule has 0 bridgehead atoms. The molecule has 2 amide bonds. The number of anilines is 1. The second-order valence-electron chi connectivity index (χ2n) is 5.55. The number of likely N-dealkylation sites (tertiary alicyclic amines) is 1. The predicted molar refractivity (Wildman–Crippen MR) is 77.9 cm³/mol. The summed E-state index contributed by atoms with van der Waals surface area (Å²) in [4.78, 5) is 24.2. The van der Waals surface area contributed by atoms with Crippen molar-refractivity contribution in [3.05, 3.63) is 18.2 Å². The minimum atomic E-state index is -4.88. The zero-order chi connectivity index (χ0) is 17.3. The van der Waals surface area contributed by atoms with Crippen molar-refractivity contribution in [2.45, 2.75) is 19.0 Å². The lowest BCUT2D eigenvalue weighted by molar-refractivity contribution is -0.186. The summed E-state index contributed by atoms with van der Waals surface area (Å²) in [5, 5.41) is 13.1. The standard InChI is InChI=1S/C14H14F3N5O2/c15-14(16,17)13(24)22-6-4-8(5-7-22)12(23)18-9-2-1-3-10-11(9)20-21-19-10/h1-3,8H,4-7H2,(H,18,23)(H,19,20,21). The van der Waals surface area contributed by atoms with Gasteiger partial charge in [0.15, 0.2) is 0 Å². The maximum absolute atomic E-state index is 12.4. The van der Waals surface area contributed by atoms with Gasteiger partial charge in [0.2, 0.25) is 5.91 Å². The Morgan fingerprint density at radius 1 is 1.21 bits per heavy atom. The first-order chi connectivity index (χ1) is 11.4. The minimum Gasteiger partial charge on any atom is -0.335 e. The van der Waals surface area contributed by atoms with Crippen LogP contribution < -0.4 is 5.32 Å². The van der Waals surface area contributed by atoms with Crippen molar-refractivity contribution in [3.63, 3.8) is 0 Å². The molecule has 0 spiro atoms. The number of benzene rings is 1. The van der Waals surface area contributed by atoms with Gasteiger partial charge in [0.05, 0.1) is 5.69 Å². The summed E-state index contributed by atoms with van der Waals surface area (Å²) < 4.78 is 37.2. The van der Waals surface area contributed by atoms with Crippen molar-refractivity contribution < 1.29 is 22.8 Å². The molecule has 2 heterocycles. The molecule has 0 atom stereocenters. The van der Waals surface area contributed by atoms with Crippen molar-refractivity contribution in [2.24, 2.45) is 5.92 Å². The van der Waals surface area contributed by atoms with E-state index in [9.17, 15) is 22.8 Å². The van der Waals surface area contributed by atoms with Gasteiger partial charge >= 0.3 is 12.1 Å². The van der Waals surface area contributed by atoms with Gasteiger partial charge in [-0.05, 0) is 25.0 Å². The normalized spacial score (nSPS) is 16.4. The Hall–Kier alpha value is -2.65. The first-order valence-corrected chi connectivity index (χ1v) is 7.32. The van der Waals surface area contributed by atoms with E-state index in [0.29, 0.717) is 16.7 Å². The van der Waals surface area contributed by atoms with Crippen LogP contribution in [0.1, 0.15) is 12.8 Å². The highest BCUT2D eigenvalue weighted by molar-refractivity contribution is 6.00. The van der Waals surface area contributed by atoms with Crippen molar-refractivity contribution in [1.82, 2.24) is 20.3 Å². The molecule has 2 N–H and O–H groups in total. The van der Waals surface area contributed by atoms with Gasteiger partial charge in [0.1, 0.15) is 11.0 Å². The highest BCUT2D eigenvalue weighted by atomic mass is 19.4. The maximum atomic E-state index is 12.4. The molecule has 1 saturated heterocycles. The maximum Gasteiger partial charge on any atom is 0.471 e. The van der Waals surface area contributed by atoms with E-state index in [1.807, 2.05) is 0 Å². The number of hydrogen-bond acceptors (Lipinski definition) is 4. The van der Waals surface area contributed by atoms with Crippen LogP contribution in [0.3, 0.4) is 0 Å². The number of nitrogens with one attached hydrogen (secondary N) is 2. The van der Waals surface area contributed by atoms with Crippen molar-refractivity contribution >= 4 is 28.5 Å². The smallest absolute Gasteiger partial charge is 0.335 e. The highest BCUT2D eigenvalue weighted by Gasteiger charge is 2.43. The lowest BCUT2D eigenvalue weighted by atomic mass is 9.95. The Kier molecular flexibility index (Phi) is 4.12. The molecule has 1 aliphatic rings. The van der Waals surface area contributed by atoms with Crippen LogP contribution in [0, 0.1) is 5.92 Å². The fourth-order valence-corrected chi connectivity index (χ4v) is 2.73. The Labute approximate surface area is 134 Å². The van der Waals surface area contributed by atoms with E-state index >= 15 is 0 Å². The van der Waals surface area contributed by atoms with E-state index in [0.717, 1.165) is 4.90 Å². The molecule has 3 rings (SSSR count). The van der Waals surface area contributed by atoms with Crippen molar-refractivity contribution in [1.29, 1.82) is 0 Å². The van der Waals surface area contributed by atoms with Crippen LogP contribution in [-0.4, -0.2) is 51.4 Å². The molecular weight excluding hydrogens is 327 g/mol. The number of hydrogen-bond donors (Lipinski definition) is 2. The van der Waals surface area contributed by atoms with Gasteiger partial charge in [-0.3, -0.25) is 9.59 Å². The molecule has 24 heavy (non-hydrogen) atoms. The molecular formula is C14H14F3N5O2. The largest absolute Gasteiger partial charge is 0.471 e. The fraction of sp³-hybridized carbons (Fsp3) is 0.429. The number of carbonyl (C=O) groups is 2. The number of piperidine rings is 1. The Balaban J connectivity index is 1.62. The summed E-state index contributed by atoms with van der Waals surface area (Å²) in [6.45, 7) is -0.185. The number of H-pyrrole nitrogens is 1. The summed E-state index contributed by atoms with van der Waals surface area (Å²) in [5.74, 6) is -2.61. The van der Waals surface area contributed by atoms with Crippen LogP contribution in [0.15, 0.2) is 18.2 Å². The molecule has 1 aromatic carbocycles. The summed E-state index contributed by atoms with van der Waals surface area (Å²) in [6.07, 6.45) is -4.51. The van der Waals surface area contributed by atoms with Crippen LogP contribution in [0.2, 0.25) is 0 Å². The number of halogens is 3. The predicted octanol–water partition coefficient (Wildman–Crippen LogP) is 1.70. The SMILES string of the molecule is O=C(Nc1cccc2n[nH]nc12)C1CCN(C(=O)C(F)(F)F)CC1. The number of aromatic amines is 1. The second-order valence-corrected chi connectivity index (χ2v) is 5.55. The summed E-state index contributed by atoms with van der Waals surface area (Å²) >= 11 is 0. The van der Waals surface area contributed by atoms with Gasteiger partial charge < -0.3 is 10.2 Å². The topological polar surface area (TPSA) is 91.0 Å². The molecule has 0 unspecified atom stereocenters. The van der Waals surface area contributed by atoms with E-state index in [-0.39, 0.29) is 31.8 Å². The van der Waals surface area contributed by atoms with E-state index < -0.39 is 18.0 Å². The van der Waals surface area contributed by atoms with E-state index in [1.54, 1.807) is 18.2 Å². The minimum absolute atomic E-state index is 0.0927. The van der Waals surface area contributed by atoms with Gasteiger partial charge in [-0.1, -0.05) is 6.07 Å². The number of alkyl halides is 3. The first kappa shape index (κ1) is 16.2.